The minimum atomic E-state index is -0.0599. The first-order valence-electron chi connectivity index (χ1n) is 9.17. The van der Waals surface area contributed by atoms with Gasteiger partial charge in [-0.3, -0.25) is 14.6 Å². The van der Waals surface area contributed by atoms with Gasteiger partial charge in [0.25, 0.3) is 0 Å². The Kier molecular flexibility index (Phi) is 5.57. The smallest absolute Gasteiger partial charge is 0.237 e. The number of carbonyl (C=O) groups is 1. The number of likely N-dealkylation sites (tertiary alicyclic amines) is 1. The van der Waals surface area contributed by atoms with E-state index in [-0.39, 0.29) is 23.5 Å². The van der Waals surface area contributed by atoms with Crippen LogP contribution >= 0.6 is 0 Å². The van der Waals surface area contributed by atoms with Crippen LogP contribution in [0.25, 0.3) is 0 Å². The highest BCUT2D eigenvalue weighted by Gasteiger charge is 2.40. The number of amides is 1. The first-order valence-corrected chi connectivity index (χ1v) is 9.17. The first kappa shape index (κ1) is 17.1. The van der Waals surface area contributed by atoms with Crippen molar-refractivity contribution in [3.8, 4) is 0 Å². The molecule has 6 heteroatoms. The van der Waals surface area contributed by atoms with Crippen LogP contribution in [0.2, 0.25) is 0 Å². The lowest BCUT2D eigenvalue weighted by Crippen LogP contribution is -2.60. The van der Waals surface area contributed by atoms with Crippen molar-refractivity contribution < 1.29 is 9.53 Å². The van der Waals surface area contributed by atoms with Crippen molar-refractivity contribution in [2.24, 2.45) is 5.73 Å². The molecule has 1 aliphatic carbocycles. The van der Waals surface area contributed by atoms with Gasteiger partial charge in [0.2, 0.25) is 5.91 Å². The zero-order valence-electron chi connectivity index (χ0n) is 14.4. The number of likely N-dealkylation sites (N-methyl/N-ethyl adjacent to an activating group) is 1. The molecule has 0 aromatic heterocycles. The quantitative estimate of drug-likeness (QED) is 0.771. The van der Waals surface area contributed by atoms with Gasteiger partial charge in [0.05, 0.1) is 19.3 Å². The number of rotatable bonds is 4. The molecule has 0 unspecified atom stereocenters. The van der Waals surface area contributed by atoms with E-state index in [2.05, 4.69) is 15.1 Å². The topological polar surface area (TPSA) is 70.8 Å². The predicted octanol–water partition coefficient (Wildman–Crippen LogP) is 0.169. The van der Waals surface area contributed by atoms with Crippen molar-refractivity contribution in [1.82, 2.24) is 15.1 Å². The molecule has 1 amide bonds. The Bertz CT molecular complexity index is 405. The number of nitrogens with one attached hydrogen (secondary N) is 1. The normalized spacial score (nSPS) is 32.8. The maximum absolute atomic E-state index is 12.6. The third-order valence-corrected chi connectivity index (χ3v) is 5.94. The van der Waals surface area contributed by atoms with Crippen molar-refractivity contribution >= 4 is 5.91 Å². The number of nitrogens with two attached hydrogens (primary N) is 1. The Labute approximate surface area is 139 Å². The Morgan fingerprint density at radius 2 is 1.96 bits per heavy atom. The molecule has 132 valence electrons. The second-order valence-electron chi connectivity index (χ2n) is 7.55. The van der Waals surface area contributed by atoms with Crippen LogP contribution in [0.3, 0.4) is 0 Å². The van der Waals surface area contributed by atoms with Gasteiger partial charge in [-0.15, -0.1) is 0 Å². The van der Waals surface area contributed by atoms with E-state index in [1.54, 1.807) is 0 Å². The fraction of sp³-hybridized carbons (Fsp3) is 0.941. The van der Waals surface area contributed by atoms with Gasteiger partial charge in [0.1, 0.15) is 0 Å². The van der Waals surface area contributed by atoms with Gasteiger partial charge in [0.15, 0.2) is 0 Å². The molecule has 0 bridgehead atoms. The minimum absolute atomic E-state index is 0.0599. The Hall–Kier alpha value is -0.690. The van der Waals surface area contributed by atoms with Crippen molar-refractivity contribution in [3.05, 3.63) is 0 Å². The molecular weight excluding hydrogens is 292 g/mol. The van der Waals surface area contributed by atoms with Crippen molar-refractivity contribution in [1.29, 1.82) is 0 Å². The van der Waals surface area contributed by atoms with Crippen LogP contribution in [0.1, 0.15) is 38.5 Å². The lowest BCUT2D eigenvalue weighted by Gasteiger charge is -2.48. The van der Waals surface area contributed by atoms with Gasteiger partial charge >= 0.3 is 0 Å². The Balaban J connectivity index is 1.61. The van der Waals surface area contributed by atoms with E-state index in [1.807, 2.05) is 7.05 Å². The van der Waals surface area contributed by atoms with Gasteiger partial charge in [-0.25, -0.2) is 0 Å². The van der Waals surface area contributed by atoms with Crippen LogP contribution in [-0.2, 0) is 9.53 Å². The largest absolute Gasteiger partial charge is 0.379 e. The molecule has 2 aliphatic heterocycles. The second-order valence-corrected chi connectivity index (χ2v) is 7.55. The predicted molar refractivity (Wildman–Crippen MR) is 90.2 cm³/mol. The van der Waals surface area contributed by atoms with Crippen molar-refractivity contribution in [2.45, 2.75) is 56.1 Å². The minimum Gasteiger partial charge on any atom is -0.379 e. The van der Waals surface area contributed by atoms with Gasteiger partial charge in [-0.05, 0) is 26.3 Å². The number of ether oxygens (including phenoxy) is 1. The monoisotopic (exact) mass is 324 g/mol. The summed E-state index contributed by atoms with van der Waals surface area (Å²) in [5.74, 6) is 0.152. The van der Waals surface area contributed by atoms with E-state index in [4.69, 9.17) is 10.5 Å². The molecule has 2 atom stereocenters. The van der Waals surface area contributed by atoms with E-state index in [0.29, 0.717) is 0 Å². The molecule has 2 heterocycles. The van der Waals surface area contributed by atoms with Crippen LogP contribution in [0.4, 0.5) is 0 Å². The van der Waals surface area contributed by atoms with E-state index < -0.39 is 0 Å². The summed E-state index contributed by atoms with van der Waals surface area (Å²) in [5.41, 5.74) is 6.13. The van der Waals surface area contributed by atoms with Gasteiger partial charge < -0.3 is 15.8 Å². The number of carbonyl (C=O) groups excluding carboxylic acids is 1. The lowest BCUT2D eigenvalue weighted by atomic mass is 9.79. The maximum atomic E-state index is 12.6. The van der Waals surface area contributed by atoms with Crippen molar-refractivity contribution in [3.63, 3.8) is 0 Å². The third kappa shape index (κ3) is 3.87. The van der Waals surface area contributed by atoms with E-state index >= 15 is 0 Å². The molecule has 3 rings (SSSR count). The lowest BCUT2D eigenvalue weighted by molar-refractivity contribution is -0.126. The van der Waals surface area contributed by atoms with Crippen LogP contribution in [0, 0.1) is 0 Å². The van der Waals surface area contributed by atoms with Crippen LogP contribution in [-0.4, -0.2) is 79.8 Å². The molecule has 0 spiro atoms. The van der Waals surface area contributed by atoms with Gasteiger partial charge in [-0.1, -0.05) is 19.3 Å². The molecular formula is C17H32N4O2. The highest BCUT2D eigenvalue weighted by Crippen LogP contribution is 2.34. The van der Waals surface area contributed by atoms with Crippen LogP contribution in [0.5, 0.6) is 0 Å². The number of nitrogens with zero attached hydrogens (tertiary/aromatic N) is 2. The van der Waals surface area contributed by atoms with Crippen LogP contribution < -0.4 is 11.1 Å². The maximum Gasteiger partial charge on any atom is 0.237 e. The third-order valence-electron chi connectivity index (χ3n) is 5.94. The molecule has 0 radical (unpaired) electrons. The number of morpholine rings is 1. The summed E-state index contributed by atoms with van der Waals surface area (Å²) >= 11 is 0. The Morgan fingerprint density at radius 3 is 2.57 bits per heavy atom. The average molecular weight is 324 g/mol. The average Bonchev–Trinajstić information content (AvgIpc) is 2.93. The van der Waals surface area contributed by atoms with E-state index in [9.17, 15) is 4.79 Å². The summed E-state index contributed by atoms with van der Waals surface area (Å²) in [7, 11) is 2.00. The standard InChI is InChI=1S/C17H32N4O2/c1-20-12-14(18)11-15(20)16(22)19-13-17(5-3-2-4-6-17)21-7-9-23-10-8-21/h14-15H,2-13,18H2,1H3,(H,19,22)/t14-,15-/m0/s1. The summed E-state index contributed by atoms with van der Waals surface area (Å²) in [6, 6.07) is 0.0639. The van der Waals surface area contributed by atoms with Gasteiger partial charge in [0, 0.05) is 37.8 Å². The van der Waals surface area contributed by atoms with E-state index in [0.717, 1.165) is 45.8 Å². The van der Waals surface area contributed by atoms with Gasteiger partial charge in [-0.2, -0.15) is 0 Å². The molecule has 2 saturated heterocycles. The number of hydrogen-bond donors (Lipinski definition) is 2. The fourth-order valence-electron chi connectivity index (χ4n) is 4.57. The fourth-order valence-corrected chi connectivity index (χ4v) is 4.57. The summed E-state index contributed by atoms with van der Waals surface area (Å²) in [6.45, 7) is 5.19. The van der Waals surface area contributed by atoms with Crippen LogP contribution in [0.15, 0.2) is 0 Å². The highest BCUT2D eigenvalue weighted by atomic mass is 16.5. The summed E-state index contributed by atoms with van der Waals surface area (Å²) in [4.78, 5) is 17.3. The zero-order valence-corrected chi connectivity index (χ0v) is 14.4. The summed E-state index contributed by atoms with van der Waals surface area (Å²) < 4.78 is 5.52. The molecule has 3 aliphatic rings. The summed E-state index contributed by atoms with van der Waals surface area (Å²) in [6.07, 6.45) is 7.00. The summed E-state index contributed by atoms with van der Waals surface area (Å²) in [5, 5.41) is 3.26. The molecule has 0 aromatic carbocycles. The molecule has 6 nitrogen and oxygen atoms in total. The molecule has 3 fully saturated rings. The first-order chi connectivity index (χ1) is 11.1. The number of hydrogen-bond acceptors (Lipinski definition) is 5. The molecule has 3 N–H and O–H groups in total. The van der Waals surface area contributed by atoms with E-state index in [1.165, 1.54) is 32.1 Å². The Morgan fingerprint density at radius 1 is 1.26 bits per heavy atom. The molecule has 0 aromatic rings. The molecule has 1 saturated carbocycles. The van der Waals surface area contributed by atoms with Crippen molar-refractivity contribution in [2.75, 3.05) is 46.4 Å². The molecule has 23 heavy (non-hydrogen) atoms. The second kappa shape index (κ2) is 7.47. The zero-order chi connectivity index (χ0) is 16.3. The highest BCUT2D eigenvalue weighted by molar-refractivity contribution is 5.82. The SMILES string of the molecule is CN1C[C@@H](N)C[C@H]1C(=O)NCC1(N2CCOCC2)CCCCC1.